The minimum Gasteiger partial charge on any atom is -0.383 e. The molecule has 0 amide bonds. The molecule has 0 aliphatic rings. The highest BCUT2D eigenvalue weighted by Gasteiger charge is 2.10. The predicted octanol–water partition coefficient (Wildman–Crippen LogP) is 3.59. The van der Waals surface area contributed by atoms with Crippen molar-refractivity contribution in [2.24, 2.45) is 7.05 Å². The quantitative estimate of drug-likeness (QED) is 0.540. The zero-order chi connectivity index (χ0) is 15.0. The highest BCUT2D eigenvalue weighted by molar-refractivity contribution is 6.12. The van der Waals surface area contributed by atoms with E-state index in [1.54, 1.807) is 12.3 Å². The van der Waals surface area contributed by atoms with Crippen molar-refractivity contribution in [3.63, 3.8) is 0 Å². The lowest BCUT2D eigenvalue weighted by Crippen LogP contribution is -2.03. The second-order valence-corrected chi connectivity index (χ2v) is 5.45. The topological polar surface area (TPSA) is 25.2 Å². The molecule has 1 heterocycles. The van der Waals surface area contributed by atoms with E-state index in [0.717, 1.165) is 16.5 Å². The molecule has 0 aliphatic carbocycles. The van der Waals surface area contributed by atoms with Crippen molar-refractivity contribution in [1.82, 2.24) is 9.47 Å². The van der Waals surface area contributed by atoms with Gasteiger partial charge in [-0.15, -0.1) is 0 Å². The van der Waals surface area contributed by atoms with Gasteiger partial charge in [-0.05, 0) is 24.3 Å². The van der Waals surface area contributed by atoms with Gasteiger partial charge < -0.3 is 9.47 Å². The number of aromatic nitrogens is 1. The van der Waals surface area contributed by atoms with Gasteiger partial charge in [0.05, 0.1) is 0 Å². The van der Waals surface area contributed by atoms with Gasteiger partial charge in [-0.3, -0.25) is 4.79 Å². The van der Waals surface area contributed by atoms with Crippen molar-refractivity contribution in [2.45, 2.75) is 0 Å². The zero-order valence-corrected chi connectivity index (χ0v) is 12.5. The molecular formula is C18H18N2O. The number of para-hydroxylation sites is 1. The normalized spacial score (nSPS) is 11.6. The van der Waals surface area contributed by atoms with Gasteiger partial charge in [0.2, 0.25) is 0 Å². The van der Waals surface area contributed by atoms with E-state index in [-0.39, 0.29) is 5.78 Å². The molecule has 0 atom stereocenters. The zero-order valence-electron chi connectivity index (χ0n) is 12.5. The molecule has 1 aromatic heterocycles. The molecule has 3 heteroatoms. The number of carbonyl (C=O) groups excluding carboxylic acids is 1. The minimum absolute atomic E-state index is 0.0264. The van der Waals surface area contributed by atoms with E-state index in [1.165, 1.54) is 10.9 Å². The first-order chi connectivity index (χ1) is 10.1. The fraction of sp³-hybridized carbons (Fsp3) is 0.167. The third-order valence-corrected chi connectivity index (χ3v) is 3.72. The lowest BCUT2D eigenvalue weighted by molar-refractivity contribution is 0.104. The van der Waals surface area contributed by atoms with Crippen molar-refractivity contribution >= 4 is 27.6 Å². The maximum absolute atomic E-state index is 12.2. The number of rotatable bonds is 3. The Hall–Kier alpha value is -2.55. The van der Waals surface area contributed by atoms with Crippen LogP contribution in [0, 0.1) is 0 Å². The number of aryl methyl sites for hydroxylation is 1. The summed E-state index contributed by atoms with van der Waals surface area (Å²) >= 11 is 0. The van der Waals surface area contributed by atoms with Crippen molar-refractivity contribution in [1.29, 1.82) is 0 Å². The van der Waals surface area contributed by atoms with Crippen LogP contribution in [0.5, 0.6) is 0 Å². The number of hydrogen-bond donors (Lipinski definition) is 0. The Bertz CT molecular complexity index is 856. The predicted molar refractivity (Wildman–Crippen MR) is 87.6 cm³/mol. The van der Waals surface area contributed by atoms with Gasteiger partial charge in [-0.2, -0.15) is 0 Å². The van der Waals surface area contributed by atoms with Crippen molar-refractivity contribution in [3.05, 3.63) is 60.3 Å². The Morgan fingerprint density at radius 2 is 1.76 bits per heavy atom. The second kappa shape index (κ2) is 5.09. The average Bonchev–Trinajstić information content (AvgIpc) is 2.78. The Labute approximate surface area is 124 Å². The molecule has 0 spiro atoms. The third-order valence-electron chi connectivity index (χ3n) is 3.72. The molecule has 0 radical (unpaired) electrons. The summed E-state index contributed by atoms with van der Waals surface area (Å²) in [5.41, 5.74) is 3.04. The van der Waals surface area contributed by atoms with E-state index >= 15 is 0 Å². The molecule has 0 saturated carbocycles. The monoisotopic (exact) mass is 278 g/mol. The van der Waals surface area contributed by atoms with Gasteiger partial charge in [0, 0.05) is 60.8 Å². The van der Waals surface area contributed by atoms with Crippen LogP contribution < -0.4 is 0 Å². The average molecular weight is 278 g/mol. The van der Waals surface area contributed by atoms with Crippen LogP contribution in [0.3, 0.4) is 0 Å². The standard InChI is InChI=1S/C18H18N2O/c1-19(2)11-10-18(21)13-8-9-17-15(12-13)14-6-4-5-7-16(14)20(17)3/h4-12H,1-3H3/b11-10+. The van der Waals surface area contributed by atoms with E-state index in [4.69, 9.17) is 0 Å². The van der Waals surface area contributed by atoms with Crippen LogP contribution in [0.2, 0.25) is 0 Å². The maximum atomic E-state index is 12.2. The number of fused-ring (bicyclic) bond motifs is 3. The first-order valence-electron chi connectivity index (χ1n) is 6.94. The fourth-order valence-corrected chi connectivity index (χ4v) is 2.63. The van der Waals surface area contributed by atoms with Gasteiger partial charge >= 0.3 is 0 Å². The van der Waals surface area contributed by atoms with E-state index < -0.39 is 0 Å². The van der Waals surface area contributed by atoms with E-state index in [2.05, 4.69) is 23.7 Å². The largest absolute Gasteiger partial charge is 0.383 e. The van der Waals surface area contributed by atoms with E-state index in [1.807, 2.05) is 49.3 Å². The van der Waals surface area contributed by atoms with Crippen molar-refractivity contribution < 1.29 is 4.79 Å². The number of benzene rings is 2. The van der Waals surface area contributed by atoms with E-state index in [0.29, 0.717) is 0 Å². The van der Waals surface area contributed by atoms with Gasteiger partial charge in [-0.25, -0.2) is 0 Å². The summed E-state index contributed by atoms with van der Waals surface area (Å²) < 4.78 is 2.16. The molecule has 0 unspecified atom stereocenters. The maximum Gasteiger partial charge on any atom is 0.187 e. The Morgan fingerprint density at radius 1 is 1.05 bits per heavy atom. The Balaban J connectivity index is 2.16. The smallest absolute Gasteiger partial charge is 0.187 e. The summed E-state index contributed by atoms with van der Waals surface area (Å²) in [4.78, 5) is 14.1. The molecule has 0 N–H and O–H groups in total. The summed E-state index contributed by atoms with van der Waals surface area (Å²) in [5, 5.41) is 2.30. The van der Waals surface area contributed by atoms with Crippen LogP contribution >= 0.6 is 0 Å². The molecular weight excluding hydrogens is 260 g/mol. The van der Waals surface area contributed by atoms with Crippen LogP contribution in [0.25, 0.3) is 21.8 Å². The van der Waals surface area contributed by atoms with Crippen molar-refractivity contribution in [2.75, 3.05) is 14.1 Å². The summed E-state index contributed by atoms with van der Waals surface area (Å²) in [6, 6.07) is 14.2. The summed E-state index contributed by atoms with van der Waals surface area (Å²) in [6.07, 6.45) is 3.38. The molecule has 3 rings (SSSR count). The summed E-state index contributed by atoms with van der Waals surface area (Å²) in [6.45, 7) is 0. The van der Waals surface area contributed by atoms with Gasteiger partial charge in [0.25, 0.3) is 0 Å². The summed E-state index contributed by atoms with van der Waals surface area (Å²) in [5.74, 6) is 0.0264. The number of ketones is 1. The molecule has 0 fully saturated rings. The molecule has 0 bridgehead atoms. The van der Waals surface area contributed by atoms with Gasteiger partial charge in [-0.1, -0.05) is 18.2 Å². The number of nitrogens with zero attached hydrogens (tertiary/aromatic N) is 2. The van der Waals surface area contributed by atoms with Gasteiger partial charge in [0.15, 0.2) is 5.78 Å². The lowest BCUT2D eigenvalue weighted by atomic mass is 10.1. The molecule has 3 aromatic rings. The van der Waals surface area contributed by atoms with E-state index in [9.17, 15) is 4.79 Å². The van der Waals surface area contributed by atoms with Crippen LogP contribution in [0.15, 0.2) is 54.7 Å². The van der Waals surface area contributed by atoms with Crippen LogP contribution in [-0.4, -0.2) is 29.3 Å². The highest BCUT2D eigenvalue weighted by atomic mass is 16.1. The molecule has 0 saturated heterocycles. The first-order valence-corrected chi connectivity index (χ1v) is 6.94. The Morgan fingerprint density at radius 3 is 2.52 bits per heavy atom. The third kappa shape index (κ3) is 2.31. The Kier molecular flexibility index (Phi) is 3.26. The van der Waals surface area contributed by atoms with Crippen molar-refractivity contribution in [3.8, 4) is 0 Å². The first kappa shape index (κ1) is 13.4. The summed E-state index contributed by atoms with van der Waals surface area (Å²) in [7, 11) is 5.85. The number of allylic oxidation sites excluding steroid dienone is 1. The van der Waals surface area contributed by atoms with Gasteiger partial charge in [0.1, 0.15) is 0 Å². The molecule has 106 valence electrons. The lowest BCUT2D eigenvalue weighted by Gasteiger charge is -2.03. The fourth-order valence-electron chi connectivity index (χ4n) is 2.63. The SMILES string of the molecule is CN(C)/C=C/C(=O)c1ccc2c(c1)c1ccccc1n2C. The second-order valence-electron chi connectivity index (χ2n) is 5.45. The highest BCUT2D eigenvalue weighted by Crippen LogP contribution is 2.28. The number of hydrogen-bond acceptors (Lipinski definition) is 2. The van der Waals surface area contributed by atoms with Crippen LogP contribution in [0.4, 0.5) is 0 Å². The minimum atomic E-state index is 0.0264. The molecule has 21 heavy (non-hydrogen) atoms. The van der Waals surface area contributed by atoms with Crippen LogP contribution in [0.1, 0.15) is 10.4 Å². The molecule has 2 aromatic carbocycles. The molecule has 0 aliphatic heterocycles. The van der Waals surface area contributed by atoms with Crippen LogP contribution in [-0.2, 0) is 7.05 Å². The number of carbonyl (C=O) groups is 1. The molecule has 3 nitrogen and oxygen atoms in total.